The molecular weight excluding hydrogens is 338 g/mol. The molecule has 1 saturated heterocycles. The molecule has 0 radical (unpaired) electrons. The minimum Gasteiger partial charge on any atom is -0.462 e. The number of anilines is 1. The van der Waals surface area contributed by atoms with Crippen LogP contribution >= 0.6 is 0 Å². The van der Waals surface area contributed by atoms with Gasteiger partial charge in [0.1, 0.15) is 11.6 Å². The van der Waals surface area contributed by atoms with E-state index in [9.17, 15) is 5.26 Å². The molecule has 0 atom stereocenters. The molecule has 5 nitrogen and oxygen atoms in total. The normalized spacial score (nSPS) is 15.2. The molecule has 2 aromatic heterocycles. The van der Waals surface area contributed by atoms with E-state index >= 15 is 0 Å². The van der Waals surface area contributed by atoms with Crippen LogP contribution in [0.2, 0.25) is 0 Å². The van der Waals surface area contributed by atoms with Crippen molar-refractivity contribution < 1.29 is 9.15 Å². The van der Waals surface area contributed by atoms with Crippen molar-refractivity contribution in [1.82, 2.24) is 4.98 Å². The van der Waals surface area contributed by atoms with Crippen molar-refractivity contribution in [3.8, 4) is 17.2 Å². The highest BCUT2D eigenvalue weighted by Crippen LogP contribution is 2.37. The highest BCUT2D eigenvalue weighted by Gasteiger charge is 2.19. The molecular formula is C22H23N3O2. The fourth-order valence-corrected chi connectivity index (χ4v) is 3.64. The lowest BCUT2D eigenvalue weighted by Crippen LogP contribution is -2.28. The number of nitrogens with one attached hydrogen (secondary N) is 1. The first-order chi connectivity index (χ1) is 13.2. The molecule has 5 heteroatoms. The lowest BCUT2D eigenvalue weighted by Gasteiger charge is -2.25. The predicted octanol–water partition coefficient (Wildman–Crippen LogP) is 5.08. The summed E-state index contributed by atoms with van der Waals surface area (Å²) in [5.74, 6) is 0.299. The van der Waals surface area contributed by atoms with Gasteiger partial charge in [-0.2, -0.15) is 5.26 Å². The molecule has 1 aliphatic heterocycles. The Labute approximate surface area is 159 Å². The lowest BCUT2D eigenvalue weighted by atomic mass is 9.92. The largest absolute Gasteiger partial charge is 0.462 e. The summed E-state index contributed by atoms with van der Waals surface area (Å²) in [4.78, 5) is 4.50. The van der Waals surface area contributed by atoms with E-state index in [0.717, 1.165) is 59.5 Å². The Morgan fingerprint density at radius 2 is 2.04 bits per heavy atom. The van der Waals surface area contributed by atoms with E-state index in [1.807, 2.05) is 24.4 Å². The van der Waals surface area contributed by atoms with Crippen LogP contribution in [-0.4, -0.2) is 24.2 Å². The molecule has 27 heavy (non-hydrogen) atoms. The SMILES string of the molecule is CC(C)c1cnc2ccoc2c1-c1ccc(NC2CCOCC2)c(C#N)c1. The molecule has 1 aromatic carbocycles. The van der Waals surface area contributed by atoms with Gasteiger partial charge in [-0.15, -0.1) is 0 Å². The highest BCUT2D eigenvalue weighted by molar-refractivity contribution is 5.92. The summed E-state index contributed by atoms with van der Waals surface area (Å²) in [5.41, 5.74) is 6.25. The zero-order valence-electron chi connectivity index (χ0n) is 15.7. The Morgan fingerprint density at radius 3 is 2.78 bits per heavy atom. The molecule has 0 aliphatic carbocycles. The summed E-state index contributed by atoms with van der Waals surface area (Å²) >= 11 is 0. The number of ether oxygens (including phenoxy) is 1. The van der Waals surface area contributed by atoms with Crippen molar-refractivity contribution in [2.45, 2.75) is 38.6 Å². The van der Waals surface area contributed by atoms with Crippen LogP contribution in [0.4, 0.5) is 5.69 Å². The van der Waals surface area contributed by atoms with E-state index < -0.39 is 0 Å². The van der Waals surface area contributed by atoms with Gasteiger partial charge < -0.3 is 14.5 Å². The standard InChI is InChI=1S/C22H23N3O2/c1-14(2)18-13-24-20-7-10-27-22(20)21(18)15-3-4-19(16(11-15)12-23)25-17-5-8-26-9-6-17/h3-4,7,10-11,13-14,17,25H,5-6,8-9H2,1-2H3. The number of nitrogens with zero attached hydrogens (tertiary/aromatic N) is 2. The van der Waals surface area contributed by atoms with E-state index in [4.69, 9.17) is 9.15 Å². The first-order valence-electron chi connectivity index (χ1n) is 9.42. The third kappa shape index (κ3) is 3.41. The molecule has 4 rings (SSSR count). The summed E-state index contributed by atoms with van der Waals surface area (Å²) in [6.45, 7) is 5.81. The number of furan rings is 1. The topological polar surface area (TPSA) is 71.1 Å². The van der Waals surface area contributed by atoms with Crippen molar-refractivity contribution >= 4 is 16.8 Å². The summed E-state index contributed by atoms with van der Waals surface area (Å²) in [6, 6.07) is 10.6. The van der Waals surface area contributed by atoms with Gasteiger partial charge in [-0.05, 0) is 42.0 Å². The van der Waals surface area contributed by atoms with Crippen molar-refractivity contribution in [1.29, 1.82) is 5.26 Å². The van der Waals surface area contributed by atoms with Crippen LogP contribution in [0.5, 0.6) is 0 Å². The van der Waals surface area contributed by atoms with Gasteiger partial charge >= 0.3 is 0 Å². The van der Waals surface area contributed by atoms with Gasteiger partial charge in [0.2, 0.25) is 0 Å². The van der Waals surface area contributed by atoms with Gasteiger partial charge in [-0.3, -0.25) is 4.98 Å². The predicted molar refractivity (Wildman–Crippen MR) is 106 cm³/mol. The van der Waals surface area contributed by atoms with Gasteiger partial charge in [0.05, 0.1) is 17.5 Å². The first-order valence-corrected chi connectivity index (χ1v) is 9.42. The molecule has 0 saturated carbocycles. The summed E-state index contributed by atoms with van der Waals surface area (Å²) in [5, 5.41) is 13.2. The van der Waals surface area contributed by atoms with Gasteiger partial charge in [0, 0.05) is 37.1 Å². The Balaban J connectivity index is 1.77. The molecule has 0 bridgehead atoms. The summed E-state index contributed by atoms with van der Waals surface area (Å²) in [7, 11) is 0. The quantitative estimate of drug-likeness (QED) is 0.701. The third-order valence-corrected chi connectivity index (χ3v) is 5.13. The van der Waals surface area contributed by atoms with Crippen molar-refractivity contribution in [2.24, 2.45) is 0 Å². The number of hydrogen-bond donors (Lipinski definition) is 1. The second-order valence-corrected chi connectivity index (χ2v) is 7.28. The minimum absolute atomic E-state index is 0.299. The van der Waals surface area contributed by atoms with Crippen LogP contribution in [0.15, 0.2) is 41.1 Å². The van der Waals surface area contributed by atoms with Crippen LogP contribution in [0.25, 0.3) is 22.2 Å². The van der Waals surface area contributed by atoms with Crippen LogP contribution in [0.3, 0.4) is 0 Å². The zero-order chi connectivity index (χ0) is 18.8. The number of nitriles is 1. The Kier molecular flexibility index (Phi) is 4.83. The highest BCUT2D eigenvalue weighted by atomic mass is 16.5. The van der Waals surface area contributed by atoms with Gasteiger partial charge in [0.15, 0.2) is 5.58 Å². The number of rotatable bonds is 4. The Morgan fingerprint density at radius 1 is 1.22 bits per heavy atom. The molecule has 0 unspecified atom stereocenters. The molecule has 3 heterocycles. The van der Waals surface area contributed by atoms with E-state index in [1.165, 1.54) is 0 Å². The maximum Gasteiger partial charge on any atom is 0.160 e. The fraction of sp³-hybridized carbons (Fsp3) is 0.364. The van der Waals surface area contributed by atoms with Gasteiger partial charge in [0.25, 0.3) is 0 Å². The number of benzene rings is 1. The molecule has 138 valence electrons. The summed E-state index contributed by atoms with van der Waals surface area (Å²) < 4.78 is 11.2. The lowest BCUT2D eigenvalue weighted by molar-refractivity contribution is 0.0904. The molecule has 3 aromatic rings. The zero-order valence-corrected chi connectivity index (χ0v) is 15.7. The fourth-order valence-electron chi connectivity index (χ4n) is 3.64. The first kappa shape index (κ1) is 17.6. The van der Waals surface area contributed by atoms with Crippen molar-refractivity contribution in [2.75, 3.05) is 18.5 Å². The van der Waals surface area contributed by atoms with E-state index in [2.05, 4.69) is 36.3 Å². The summed E-state index contributed by atoms with van der Waals surface area (Å²) in [6.07, 6.45) is 5.50. The van der Waals surface area contributed by atoms with Crippen molar-refractivity contribution in [3.05, 3.63) is 47.9 Å². The Bertz CT molecular complexity index is 994. The monoisotopic (exact) mass is 361 g/mol. The maximum absolute atomic E-state index is 9.72. The van der Waals surface area contributed by atoms with E-state index in [0.29, 0.717) is 17.5 Å². The molecule has 0 spiro atoms. The third-order valence-electron chi connectivity index (χ3n) is 5.13. The minimum atomic E-state index is 0.299. The number of pyridine rings is 1. The number of aromatic nitrogens is 1. The van der Waals surface area contributed by atoms with Crippen molar-refractivity contribution in [3.63, 3.8) is 0 Å². The van der Waals surface area contributed by atoms with Crippen LogP contribution in [0, 0.1) is 11.3 Å². The van der Waals surface area contributed by atoms with Crippen LogP contribution < -0.4 is 5.32 Å². The molecule has 1 N–H and O–H groups in total. The van der Waals surface area contributed by atoms with Gasteiger partial charge in [-0.25, -0.2) is 0 Å². The van der Waals surface area contributed by atoms with E-state index in [-0.39, 0.29) is 0 Å². The smallest absolute Gasteiger partial charge is 0.160 e. The molecule has 1 fully saturated rings. The van der Waals surface area contributed by atoms with Crippen LogP contribution in [0.1, 0.15) is 43.7 Å². The van der Waals surface area contributed by atoms with E-state index in [1.54, 1.807) is 6.26 Å². The second-order valence-electron chi connectivity index (χ2n) is 7.28. The molecule has 1 aliphatic rings. The maximum atomic E-state index is 9.72. The van der Waals surface area contributed by atoms with Crippen LogP contribution in [-0.2, 0) is 4.74 Å². The Hall–Kier alpha value is -2.84. The average Bonchev–Trinajstić information content (AvgIpc) is 3.17. The van der Waals surface area contributed by atoms with Gasteiger partial charge in [-0.1, -0.05) is 19.9 Å². The number of hydrogen-bond acceptors (Lipinski definition) is 5. The number of fused-ring (bicyclic) bond motifs is 1. The second kappa shape index (κ2) is 7.42. The molecule has 0 amide bonds. The average molecular weight is 361 g/mol.